The maximum atomic E-state index is 7.58. The maximum Gasteiger partial charge on any atom is 0 e. The van der Waals surface area contributed by atoms with E-state index < -0.39 is 0 Å². The third-order valence-corrected chi connectivity index (χ3v) is 13.3. The summed E-state index contributed by atoms with van der Waals surface area (Å²) in [6.07, 6.45) is 8.00. The molecule has 0 saturated carbocycles. The zero-order valence-electron chi connectivity index (χ0n) is 29.8. The second-order valence-corrected chi connectivity index (χ2v) is 19.5. The standard InChI is InChI=1S/C10H8N2.2C9H21P.2C4H8.2Ir/c11-8-5-1-3-7-4-2-6-9(12)10(7)8;2*1-7(2)10(8(3)4)9(5)6;2*1-3-4-2;;/h1-6,11-12H;2*7-9H,1-6H3;2*3-4H,1-2H3;;/q-2;;;;;;. The minimum atomic E-state index is 0. The fourth-order valence-corrected chi connectivity index (χ4v) is 12.1. The van der Waals surface area contributed by atoms with Gasteiger partial charge in [0.25, 0.3) is 0 Å². The molecule has 2 aromatic carbocycles. The molecule has 0 unspecified atom stereocenters. The van der Waals surface area contributed by atoms with Gasteiger partial charge in [0, 0.05) is 40.2 Å². The van der Waals surface area contributed by atoms with Gasteiger partial charge in [0.05, 0.1) is 0 Å². The Morgan fingerprint density at radius 1 is 0.452 bits per heavy atom. The second kappa shape index (κ2) is 31.4. The van der Waals surface area contributed by atoms with Gasteiger partial charge in [-0.1, -0.05) is 163 Å². The summed E-state index contributed by atoms with van der Waals surface area (Å²) in [6, 6.07) is 10.9. The SMILES string of the molecule is CC(C)P(C(C)C)C(C)C.CC(C)P(C(C)C)C(C)C.C[CH][CH]C.C[CH][CH]C.[Ir].[Ir].[NH-]c1cccc2cccc([NH-])c12. The van der Waals surface area contributed by atoms with E-state index in [4.69, 9.17) is 11.5 Å². The van der Waals surface area contributed by atoms with Crippen LogP contribution in [0.4, 0.5) is 11.4 Å². The molecule has 0 amide bonds. The van der Waals surface area contributed by atoms with Crippen LogP contribution in [0, 0.1) is 25.7 Å². The Kier molecular flexibility index (Phi) is 38.9. The van der Waals surface area contributed by atoms with E-state index in [1.165, 1.54) is 0 Å². The van der Waals surface area contributed by atoms with Crippen molar-refractivity contribution in [2.45, 2.75) is 145 Å². The van der Waals surface area contributed by atoms with Gasteiger partial charge in [0.2, 0.25) is 0 Å². The van der Waals surface area contributed by atoms with Gasteiger partial charge in [-0.25, -0.2) is 0 Å². The summed E-state index contributed by atoms with van der Waals surface area (Å²) in [5.74, 6) is 0. The first kappa shape index (κ1) is 52.0. The van der Waals surface area contributed by atoms with E-state index in [1.807, 2.05) is 77.6 Å². The summed E-state index contributed by atoms with van der Waals surface area (Å²) < 4.78 is 0. The van der Waals surface area contributed by atoms with Crippen LogP contribution in [0.15, 0.2) is 36.4 Å². The first-order valence-electron chi connectivity index (χ1n) is 15.2. The fraction of sp³-hybridized carbons (Fsp3) is 0.611. The summed E-state index contributed by atoms with van der Waals surface area (Å²) in [4.78, 5) is 0. The van der Waals surface area contributed by atoms with Crippen molar-refractivity contribution in [2.75, 3.05) is 0 Å². The molecule has 42 heavy (non-hydrogen) atoms. The van der Waals surface area contributed by atoms with Crippen molar-refractivity contribution in [3.8, 4) is 0 Å². The van der Waals surface area contributed by atoms with Gasteiger partial charge < -0.3 is 11.5 Å². The van der Waals surface area contributed by atoms with Crippen LogP contribution in [0.2, 0.25) is 0 Å². The van der Waals surface area contributed by atoms with Gasteiger partial charge >= 0.3 is 0 Å². The Balaban J connectivity index is -0.000000142. The monoisotopic (exact) mass is 974 g/mol. The first-order valence-corrected chi connectivity index (χ1v) is 18.3. The molecule has 0 heterocycles. The molecule has 2 nitrogen and oxygen atoms in total. The molecular weight excluding hydrogens is 907 g/mol. The predicted octanol–water partition coefficient (Wildman–Crippen LogP) is 14.5. The van der Waals surface area contributed by atoms with Crippen LogP contribution in [0.5, 0.6) is 0 Å². The molecule has 6 radical (unpaired) electrons. The number of nitrogens with one attached hydrogen (secondary N) is 2. The third kappa shape index (κ3) is 24.7. The molecule has 0 spiro atoms. The summed E-state index contributed by atoms with van der Waals surface area (Å²) in [5.41, 5.74) is 21.4. The molecular formula is C36H66Ir2N2P2-2. The Bertz CT molecular complexity index is 733. The van der Waals surface area contributed by atoms with Crippen molar-refractivity contribution in [3.05, 3.63) is 73.5 Å². The molecule has 0 fully saturated rings. The van der Waals surface area contributed by atoms with E-state index in [-0.39, 0.29) is 56.1 Å². The summed E-state index contributed by atoms with van der Waals surface area (Å²) in [6.45, 7) is 36.2. The Hall–Kier alpha value is 0.459. The van der Waals surface area contributed by atoms with Gasteiger partial charge in [-0.05, 0) is 70.4 Å². The molecule has 2 rings (SSSR count). The second-order valence-electron chi connectivity index (χ2n) is 11.5. The summed E-state index contributed by atoms with van der Waals surface area (Å²) in [7, 11) is 0.525. The van der Waals surface area contributed by atoms with E-state index in [0.717, 1.165) is 44.7 Å². The number of benzene rings is 2. The normalized spacial score (nSPS) is 10.4. The average Bonchev–Trinajstić information content (AvgIpc) is 2.83. The van der Waals surface area contributed by atoms with Crippen LogP contribution in [0.1, 0.15) is 111 Å². The number of rotatable bonds is 8. The van der Waals surface area contributed by atoms with Gasteiger partial charge in [-0.2, -0.15) is 0 Å². The minimum absolute atomic E-state index is 0. The zero-order valence-corrected chi connectivity index (χ0v) is 36.4. The molecule has 2 aromatic rings. The van der Waals surface area contributed by atoms with Gasteiger partial charge in [-0.15, -0.1) is 11.4 Å². The van der Waals surface area contributed by atoms with E-state index in [2.05, 4.69) is 83.1 Å². The van der Waals surface area contributed by atoms with E-state index in [0.29, 0.717) is 11.4 Å². The molecule has 0 aromatic heterocycles. The number of hydrogen-bond acceptors (Lipinski definition) is 0. The number of unbranched alkanes of at least 4 members (excludes halogenated alkanes) is 2. The molecule has 250 valence electrons. The van der Waals surface area contributed by atoms with Gasteiger partial charge in [0.15, 0.2) is 0 Å². The van der Waals surface area contributed by atoms with E-state index in [9.17, 15) is 0 Å². The Morgan fingerprint density at radius 3 is 0.786 bits per heavy atom. The third-order valence-electron chi connectivity index (χ3n) is 6.15. The van der Waals surface area contributed by atoms with Crippen LogP contribution >= 0.6 is 15.8 Å². The first-order chi connectivity index (χ1) is 18.5. The molecule has 0 aliphatic carbocycles. The molecule has 2 N–H and O–H groups in total. The van der Waals surface area contributed by atoms with Crippen molar-refractivity contribution in [3.63, 3.8) is 0 Å². The fourth-order valence-electron chi connectivity index (χ4n) is 4.92. The molecule has 0 bridgehead atoms. The molecule has 0 aliphatic heterocycles. The van der Waals surface area contributed by atoms with Crippen molar-refractivity contribution in [2.24, 2.45) is 0 Å². The predicted molar refractivity (Wildman–Crippen MR) is 196 cm³/mol. The minimum Gasteiger partial charge on any atom is -0.698 e. The van der Waals surface area contributed by atoms with Crippen molar-refractivity contribution in [1.29, 1.82) is 0 Å². The smallest absolute Gasteiger partial charge is 0 e. The van der Waals surface area contributed by atoms with Crippen LogP contribution in [-0.2, 0) is 40.2 Å². The quantitative estimate of drug-likeness (QED) is 0.237. The van der Waals surface area contributed by atoms with Crippen LogP contribution < -0.4 is 0 Å². The van der Waals surface area contributed by atoms with Crippen molar-refractivity contribution >= 4 is 38.0 Å². The summed E-state index contributed by atoms with van der Waals surface area (Å²) >= 11 is 0. The van der Waals surface area contributed by atoms with Crippen LogP contribution in [-0.4, -0.2) is 34.0 Å². The Morgan fingerprint density at radius 2 is 0.667 bits per heavy atom. The zero-order chi connectivity index (χ0) is 32.0. The van der Waals surface area contributed by atoms with Gasteiger partial charge in [0.1, 0.15) is 0 Å². The maximum absolute atomic E-state index is 7.58. The topological polar surface area (TPSA) is 47.6 Å². The summed E-state index contributed by atoms with van der Waals surface area (Å²) in [5, 5.41) is 1.70. The molecule has 0 atom stereocenters. The Labute approximate surface area is 294 Å². The molecule has 0 aliphatic rings. The largest absolute Gasteiger partial charge is 0.698 e. The van der Waals surface area contributed by atoms with E-state index in [1.54, 1.807) is 12.1 Å². The van der Waals surface area contributed by atoms with Gasteiger partial charge in [-0.3, -0.25) is 0 Å². The number of hydrogen-bond donors (Lipinski definition) is 0. The number of fused-ring (bicyclic) bond motifs is 1. The molecule has 6 heteroatoms. The van der Waals surface area contributed by atoms with Crippen LogP contribution in [0.25, 0.3) is 22.2 Å². The van der Waals surface area contributed by atoms with Crippen molar-refractivity contribution < 1.29 is 40.2 Å². The van der Waals surface area contributed by atoms with Crippen LogP contribution in [0.3, 0.4) is 0 Å². The average molecular weight is 973 g/mol. The molecule has 0 saturated heterocycles. The van der Waals surface area contributed by atoms with Crippen molar-refractivity contribution in [1.82, 2.24) is 0 Å². The van der Waals surface area contributed by atoms with E-state index >= 15 is 0 Å².